The number of hydrogen-bond acceptors (Lipinski definition) is 3. The Labute approximate surface area is 127 Å². The van der Waals surface area contributed by atoms with Crippen molar-refractivity contribution in [2.75, 3.05) is 14.2 Å². The first-order chi connectivity index (χ1) is 9.99. The number of allylic oxidation sites excluding steroid dienone is 3. The van der Waals surface area contributed by atoms with Crippen molar-refractivity contribution >= 4 is 5.78 Å². The van der Waals surface area contributed by atoms with Gasteiger partial charge in [-0.05, 0) is 39.0 Å². The highest BCUT2D eigenvalue weighted by Crippen LogP contribution is 2.58. The predicted molar refractivity (Wildman–Crippen MR) is 81.8 cm³/mol. The van der Waals surface area contributed by atoms with E-state index in [4.69, 9.17) is 9.47 Å². The average Bonchev–Trinajstić information content (AvgIpc) is 2.51. The molecule has 3 nitrogen and oxygen atoms in total. The number of rotatable bonds is 3. The average molecular weight is 290 g/mol. The molecule has 116 valence electrons. The van der Waals surface area contributed by atoms with Crippen LogP contribution in [0.15, 0.2) is 23.3 Å². The van der Waals surface area contributed by atoms with E-state index in [2.05, 4.69) is 26.0 Å². The molecule has 21 heavy (non-hydrogen) atoms. The van der Waals surface area contributed by atoms with E-state index in [1.165, 1.54) is 24.0 Å². The first-order valence-electron chi connectivity index (χ1n) is 8.02. The molecule has 0 heterocycles. The fourth-order valence-electron chi connectivity index (χ4n) is 4.72. The lowest BCUT2D eigenvalue weighted by Gasteiger charge is -2.56. The summed E-state index contributed by atoms with van der Waals surface area (Å²) < 4.78 is 11.2. The first-order valence-corrected chi connectivity index (χ1v) is 8.02. The van der Waals surface area contributed by atoms with Crippen molar-refractivity contribution in [2.45, 2.75) is 51.7 Å². The fraction of sp³-hybridized carbons (Fsp3) is 0.722. The molecule has 1 saturated carbocycles. The van der Waals surface area contributed by atoms with Crippen LogP contribution in [0.2, 0.25) is 0 Å². The van der Waals surface area contributed by atoms with E-state index in [0.717, 1.165) is 19.3 Å². The van der Waals surface area contributed by atoms with Crippen molar-refractivity contribution in [1.82, 2.24) is 0 Å². The molecule has 0 saturated heterocycles. The molecule has 2 bridgehead atoms. The molecule has 0 aromatic carbocycles. The highest BCUT2D eigenvalue weighted by Gasteiger charge is 2.63. The standard InChI is InChI=1S/C18H26O3/c1-12-10-14-16(19)18(20-3,21-4)15(12)11-17(14,2)13-8-6-5-7-9-13/h8,10,14-15H,5-7,9,11H2,1-4H3/t14-,15+,17-/m1/s1. The number of fused-ring (bicyclic) bond motifs is 2. The second-order valence-electron chi connectivity index (χ2n) is 6.98. The SMILES string of the molecule is COC1(OC)C(=O)[C@H]2C=C(C)[C@@H]1C[C@]2(C)C1=CCCCC1. The Balaban J connectivity index is 2.05. The van der Waals surface area contributed by atoms with E-state index >= 15 is 0 Å². The van der Waals surface area contributed by atoms with Crippen LogP contribution in [-0.4, -0.2) is 25.8 Å². The fourth-order valence-corrected chi connectivity index (χ4v) is 4.72. The molecule has 0 N–H and O–H groups in total. The third-order valence-corrected chi connectivity index (χ3v) is 6.01. The lowest BCUT2D eigenvalue weighted by Crippen LogP contribution is -2.63. The normalized spacial score (nSPS) is 38.2. The molecule has 0 radical (unpaired) electrons. The third-order valence-electron chi connectivity index (χ3n) is 6.01. The van der Waals surface area contributed by atoms with Crippen LogP contribution in [-0.2, 0) is 14.3 Å². The van der Waals surface area contributed by atoms with E-state index in [1.807, 2.05) is 0 Å². The summed E-state index contributed by atoms with van der Waals surface area (Å²) in [6.07, 6.45) is 10.3. The van der Waals surface area contributed by atoms with Crippen molar-refractivity contribution in [3.8, 4) is 0 Å². The Kier molecular flexibility index (Phi) is 3.61. The molecule has 3 atom stereocenters. The summed E-state index contributed by atoms with van der Waals surface area (Å²) in [6, 6.07) is 0. The van der Waals surface area contributed by atoms with Crippen LogP contribution in [0, 0.1) is 17.3 Å². The van der Waals surface area contributed by atoms with Gasteiger partial charge in [0, 0.05) is 25.6 Å². The van der Waals surface area contributed by atoms with Gasteiger partial charge in [-0.1, -0.05) is 30.2 Å². The first kappa shape index (κ1) is 15.0. The Morgan fingerprint density at radius 1 is 1.24 bits per heavy atom. The molecule has 3 heteroatoms. The number of ketones is 1. The third kappa shape index (κ3) is 1.90. The minimum Gasteiger partial charge on any atom is -0.347 e. The van der Waals surface area contributed by atoms with Crippen LogP contribution >= 0.6 is 0 Å². The van der Waals surface area contributed by atoms with Gasteiger partial charge >= 0.3 is 0 Å². The van der Waals surface area contributed by atoms with Gasteiger partial charge in [-0.25, -0.2) is 0 Å². The van der Waals surface area contributed by atoms with E-state index in [9.17, 15) is 4.79 Å². The second-order valence-corrected chi connectivity index (χ2v) is 6.98. The molecule has 1 fully saturated rings. The van der Waals surface area contributed by atoms with Gasteiger partial charge in [0.15, 0.2) is 5.78 Å². The molecule has 0 amide bonds. The van der Waals surface area contributed by atoms with E-state index < -0.39 is 5.79 Å². The highest BCUT2D eigenvalue weighted by molar-refractivity contribution is 5.94. The number of hydrogen-bond donors (Lipinski definition) is 0. The molecule has 0 spiro atoms. The highest BCUT2D eigenvalue weighted by atomic mass is 16.7. The van der Waals surface area contributed by atoms with Crippen molar-refractivity contribution < 1.29 is 14.3 Å². The molecule has 0 aliphatic heterocycles. The predicted octanol–water partition coefficient (Wildman–Crippen LogP) is 3.65. The molecular weight excluding hydrogens is 264 g/mol. The van der Waals surface area contributed by atoms with E-state index in [-0.39, 0.29) is 23.0 Å². The van der Waals surface area contributed by atoms with Crippen molar-refractivity contribution in [2.24, 2.45) is 17.3 Å². The van der Waals surface area contributed by atoms with Crippen LogP contribution in [0.1, 0.15) is 46.0 Å². The minimum absolute atomic E-state index is 0.0258. The van der Waals surface area contributed by atoms with Gasteiger partial charge in [0.1, 0.15) is 0 Å². The molecule has 4 aliphatic rings. The summed E-state index contributed by atoms with van der Waals surface area (Å²) in [7, 11) is 3.18. The smallest absolute Gasteiger partial charge is 0.235 e. The molecule has 0 aromatic rings. The lowest BCUT2D eigenvalue weighted by atomic mass is 9.51. The van der Waals surface area contributed by atoms with Gasteiger partial charge in [-0.2, -0.15) is 0 Å². The Morgan fingerprint density at radius 3 is 2.52 bits per heavy atom. The molecular formula is C18H26O3. The van der Waals surface area contributed by atoms with Gasteiger partial charge in [-0.15, -0.1) is 0 Å². The number of methoxy groups -OCH3 is 2. The Hall–Kier alpha value is -0.930. The molecule has 4 aliphatic carbocycles. The summed E-state index contributed by atoms with van der Waals surface area (Å²) in [5.41, 5.74) is 2.65. The maximum Gasteiger partial charge on any atom is 0.235 e. The van der Waals surface area contributed by atoms with Gasteiger partial charge in [0.2, 0.25) is 5.79 Å². The van der Waals surface area contributed by atoms with Crippen molar-refractivity contribution in [1.29, 1.82) is 0 Å². The summed E-state index contributed by atoms with van der Waals surface area (Å²) in [6.45, 7) is 4.36. The van der Waals surface area contributed by atoms with Gasteiger partial charge in [0.25, 0.3) is 0 Å². The number of Topliss-reactive ketones (excluding diaryl/α,β-unsaturated/α-hetero) is 1. The maximum atomic E-state index is 13.1. The summed E-state index contributed by atoms with van der Waals surface area (Å²) in [5.74, 6) is -1.06. The van der Waals surface area contributed by atoms with E-state index in [1.54, 1.807) is 14.2 Å². The Bertz CT molecular complexity index is 513. The van der Waals surface area contributed by atoms with Crippen LogP contribution in [0.3, 0.4) is 0 Å². The largest absolute Gasteiger partial charge is 0.347 e. The molecule has 4 rings (SSSR count). The second kappa shape index (κ2) is 5.06. The summed E-state index contributed by atoms with van der Waals surface area (Å²) >= 11 is 0. The summed E-state index contributed by atoms with van der Waals surface area (Å²) in [4.78, 5) is 13.1. The topological polar surface area (TPSA) is 35.5 Å². The van der Waals surface area contributed by atoms with Crippen molar-refractivity contribution in [3.63, 3.8) is 0 Å². The van der Waals surface area contributed by atoms with Crippen LogP contribution in [0.4, 0.5) is 0 Å². The number of carbonyl (C=O) groups is 1. The van der Waals surface area contributed by atoms with Crippen LogP contribution in [0.5, 0.6) is 0 Å². The molecule has 0 aromatic heterocycles. The summed E-state index contributed by atoms with van der Waals surface area (Å²) in [5, 5.41) is 0. The number of ether oxygens (including phenoxy) is 2. The minimum atomic E-state index is -1.07. The van der Waals surface area contributed by atoms with E-state index in [0.29, 0.717) is 0 Å². The zero-order chi connectivity index (χ0) is 15.3. The van der Waals surface area contributed by atoms with Gasteiger partial charge in [-0.3, -0.25) is 4.79 Å². The Morgan fingerprint density at radius 2 is 1.95 bits per heavy atom. The lowest BCUT2D eigenvalue weighted by molar-refractivity contribution is -0.245. The van der Waals surface area contributed by atoms with Crippen molar-refractivity contribution in [3.05, 3.63) is 23.3 Å². The zero-order valence-electron chi connectivity index (χ0n) is 13.6. The van der Waals surface area contributed by atoms with Crippen LogP contribution in [0.25, 0.3) is 0 Å². The molecule has 0 unspecified atom stereocenters. The monoisotopic (exact) mass is 290 g/mol. The zero-order valence-corrected chi connectivity index (χ0v) is 13.6. The van der Waals surface area contributed by atoms with Gasteiger partial charge in [0.05, 0.1) is 5.92 Å². The maximum absolute atomic E-state index is 13.1. The van der Waals surface area contributed by atoms with Crippen LogP contribution < -0.4 is 0 Å². The number of carbonyl (C=O) groups excluding carboxylic acids is 1. The quantitative estimate of drug-likeness (QED) is 0.588. The van der Waals surface area contributed by atoms with Gasteiger partial charge < -0.3 is 9.47 Å².